The molecule has 0 bridgehead atoms. The third-order valence-electron chi connectivity index (χ3n) is 8.94. The molecule has 0 aromatic heterocycles. The van der Waals surface area contributed by atoms with Crippen LogP contribution in [-0.2, 0) is 9.31 Å². The number of hydrogen-bond acceptors (Lipinski definition) is 2. The predicted octanol–water partition coefficient (Wildman–Crippen LogP) is 9.29. The summed E-state index contributed by atoms with van der Waals surface area (Å²) in [6.45, 7) is 8.37. The van der Waals surface area contributed by atoms with Crippen molar-refractivity contribution < 1.29 is 9.31 Å². The predicted molar refractivity (Wildman–Crippen MR) is 173 cm³/mol. The molecule has 6 aromatic rings. The van der Waals surface area contributed by atoms with Gasteiger partial charge >= 0.3 is 7.12 Å². The van der Waals surface area contributed by atoms with Crippen molar-refractivity contribution in [3.63, 3.8) is 0 Å². The van der Waals surface area contributed by atoms with E-state index in [0.717, 1.165) is 5.46 Å². The van der Waals surface area contributed by atoms with Crippen LogP contribution in [0.1, 0.15) is 27.7 Å². The minimum atomic E-state index is -0.372. The van der Waals surface area contributed by atoms with E-state index in [2.05, 4.69) is 155 Å². The van der Waals surface area contributed by atoms with E-state index in [9.17, 15) is 0 Å². The molecule has 0 amide bonds. The Labute approximate surface area is 242 Å². The van der Waals surface area contributed by atoms with Crippen LogP contribution in [0, 0.1) is 0 Å². The number of hydrogen-bond donors (Lipinski definition) is 0. The van der Waals surface area contributed by atoms with Gasteiger partial charge in [0.05, 0.1) is 11.2 Å². The molecule has 1 aliphatic heterocycles. The summed E-state index contributed by atoms with van der Waals surface area (Å²) in [5, 5.41) is 5.00. The summed E-state index contributed by atoms with van der Waals surface area (Å²) in [7, 11) is -0.372. The minimum Gasteiger partial charge on any atom is -0.399 e. The highest BCUT2D eigenvalue weighted by Gasteiger charge is 2.51. The summed E-state index contributed by atoms with van der Waals surface area (Å²) in [6.07, 6.45) is 0. The zero-order valence-electron chi connectivity index (χ0n) is 24.0. The van der Waals surface area contributed by atoms with E-state index in [-0.39, 0.29) is 18.3 Å². The molecule has 1 saturated heterocycles. The second-order valence-corrected chi connectivity index (χ2v) is 12.0. The van der Waals surface area contributed by atoms with Crippen molar-refractivity contribution >= 4 is 34.1 Å². The highest BCUT2D eigenvalue weighted by molar-refractivity contribution is 6.62. The maximum Gasteiger partial charge on any atom is 0.494 e. The van der Waals surface area contributed by atoms with Crippen LogP contribution >= 0.6 is 0 Å². The fourth-order valence-corrected chi connectivity index (χ4v) is 6.00. The van der Waals surface area contributed by atoms with Gasteiger partial charge in [0.15, 0.2) is 0 Å². The van der Waals surface area contributed by atoms with E-state index in [0.29, 0.717) is 0 Å². The highest BCUT2D eigenvalue weighted by atomic mass is 16.7. The summed E-state index contributed by atoms with van der Waals surface area (Å²) in [6, 6.07) is 45.8. The molecule has 1 heterocycles. The molecule has 0 N–H and O–H groups in total. The molecule has 1 fully saturated rings. The quantitative estimate of drug-likeness (QED) is 0.166. The molecule has 0 spiro atoms. The zero-order valence-corrected chi connectivity index (χ0v) is 24.0. The van der Waals surface area contributed by atoms with E-state index in [1.54, 1.807) is 0 Å². The summed E-state index contributed by atoms with van der Waals surface area (Å²) >= 11 is 0. The van der Waals surface area contributed by atoms with Crippen molar-refractivity contribution in [3.05, 3.63) is 127 Å². The lowest BCUT2D eigenvalue weighted by molar-refractivity contribution is 0.00578. The van der Waals surface area contributed by atoms with Crippen molar-refractivity contribution in [1.29, 1.82) is 0 Å². The van der Waals surface area contributed by atoms with E-state index in [4.69, 9.17) is 9.31 Å². The van der Waals surface area contributed by atoms with Crippen molar-refractivity contribution in [3.8, 4) is 33.4 Å². The zero-order chi connectivity index (χ0) is 28.2. The number of benzene rings is 6. The van der Waals surface area contributed by atoms with Crippen LogP contribution in [0.2, 0.25) is 0 Å². The second kappa shape index (κ2) is 9.73. The van der Waals surface area contributed by atoms with Crippen LogP contribution < -0.4 is 5.46 Å². The summed E-state index contributed by atoms with van der Waals surface area (Å²) < 4.78 is 12.6. The van der Waals surface area contributed by atoms with Gasteiger partial charge in [-0.3, -0.25) is 0 Å². The van der Waals surface area contributed by atoms with E-state index in [1.165, 1.54) is 54.9 Å². The highest BCUT2D eigenvalue weighted by Crippen LogP contribution is 2.44. The second-order valence-electron chi connectivity index (χ2n) is 12.0. The Kier molecular flexibility index (Phi) is 6.12. The largest absolute Gasteiger partial charge is 0.494 e. The van der Waals surface area contributed by atoms with E-state index >= 15 is 0 Å². The van der Waals surface area contributed by atoms with Gasteiger partial charge in [0.1, 0.15) is 0 Å². The Bertz CT molecular complexity index is 1800. The lowest BCUT2D eigenvalue weighted by Gasteiger charge is -2.32. The van der Waals surface area contributed by atoms with E-state index < -0.39 is 0 Å². The molecule has 0 saturated carbocycles. The first-order valence-corrected chi connectivity index (χ1v) is 14.4. The smallest absolute Gasteiger partial charge is 0.399 e. The lowest BCUT2D eigenvalue weighted by Crippen LogP contribution is -2.41. The average molecular weight is 532 g/mol. The monoisotopic (exact) mass is 532 g/mol. The van der Waals surface area contributed by atoms with Crippen LogP contribution in [-0.4, -0.2) is 18.3 Å². The molecular weight excluding hydrogens is 499 g/mol. The third-order valence-corrected chi connectivity index (χ3v) is 8.94. The normalized spacial score (nSPS) is 16.0. The van der Waals surface area contributed by atoms with Gasteiger partial charge in [0.2, 0.25) is 0 Å². The lowest BCUT2D eigenvalue weighted by atomic mass is 9.78. The molecule has 0 unspecified atom stereocenters. The van der Waals surface area contributed by atoms with Gasteiger partial charge in [-0.1, -0.05) is 127 Å². The topological polar surface area (TPSA) is 18.5 Å². The first kappa shape index (κ1) is 25.8. The fraction of sp³-hybridized carbons (Fsp3) is 0.158. The molecule has 2 nitrogen and oxygen atoms in total. The van der Waals surface area contributed by atoms with E-state index in [1.807, 2.05) is 0 Å². The molecule has 7 rings (SSSR count). The van der Waals surface area contributed by atoms with Crippen molar-refractivity contribution in [1.82, 2.24) is 0 Å². The Morgan fingerprint density at radius 2 is 0.732 bits per heavy atom. The SMILES string of the molecule is CC1(C)OB(c2ccc(-c3c4ccccc4c(-c4ccc(-c5ccccc5)cc4)c4ccccc34)cc2)OC1(C)C. The van der Waals surface area contributed by atoms with Crippen LogP contribution in [0.25, 0.3) is 54.9 Å². The third kappa shape index (κ3) is 4.37. The van der Waals surface area contributed by atoms with Crippen LogP contribution in [0.5, 0.6) is 0 Å². The number of rotatable bonds is 4. The van der Waals surface area contributed by atoms with Gasteiger partial charge in [0, 0.05) is 0 Å². The average Bonchev–Trinajstić information content (AvgIpc) is 3.22. The minimum absolute atomic E-state index is 0.363. The molecule has 41 heavy (non-hydrogen) atoms. The summed E-state index contributed by atoms with van der Waals surface area (Å²) in [4.78, 5) is 0. The first-order chi connectivity index (χ1) is 19.8. The van der Waals surface area contributed by atoms with Crippen LogP contribution in [0.15, 0.2) is 127 Å². The maximum atomic E-state index is 6.32. The van der Waals surface area contributed by atoms with Gasteiger partial charge in [-0.2, -0.15) is 0 Å². The molecule has 200 valence electrons. The first-order valence-electron chi connectivity index (χ1n) is 14.4. The Balaban J connectivity index is 1.36. The van der Waals surface area contributed by atoms with Gasteiger partial charge in [-0.15, -0.1) is 0 Å². The Hall–Kier alpha value is -4.18. The number of fused-ring (bicyclic) bond motifs is 2. The van der Waals surface area contributed by atoms with Crippen molar-refractivity contribution in [2.75, 3.05) is 0 Å². The summed E-state index contributed by atoms with van der Waals surface area (Å²) in [5.41, 5.74) is 7.69. The van der Waals surface area contributed by atoms with Gasteiger partial charge in [-0.25, -0.2) is 0 Å². The molecule has 3 heteroatoms. The Morgan fingerprint density at radius 1 is 0.390 bits per heavy atom. The van der Waals surface area contributed by atoms with Gasteiger partial charge in [-0.05, 0) is 88.1 Å². The maximum absolute atomic E-state index is 6.32. The molecule has 6 aromatic carbocycles. The van der Waals surface area contributed by atoms with Gasteiger partial charge in [0.25, 0.3) is 0 Å². The van der Waals surface area contributed by atoms with Crippen molar-refractivity contribution in [2.45, 2.75) is 38.9 Å². The molecule has 0 radical (unpaired) electrons. The van der Waals surface area contributed by atoms with Crippen LogP contribution in [0.3, 0.4) is 0 Å². The standard InChI is InChI=1S/C38H33BO2/c1-37(2)38(3,4)41-39(40-37)30-24-22-29(23-25-30)36-33-16-10-8-14-31(33)35(32-15-9-11-17-34(32)36)28-20-18-27(19-21-28)26-12-6-5-7-13-26/h5-25H,1-4H3. The molecule has 0 aliphatic carbocycles. The molecule has 0 atom stereocenters. The molecular formula is C38H33BO2. The summed E-state index contributed by atoms with van der Waals surface area (Å²) in [5.74, 6) is 0. The molecule has 1 aliphatic rings. The Morgan fingerprint density at radius 3 is 1.17 bits per heavy atom. The van der Waals surface area contributed by atoms with Crippen LogP contribution in [0.4, 0.5) is 0 Å². The van der Waals surface area contributed by atoms with Crippen molar-refractivity contribution in [2.24, 2.45) is 0 Å². The fourth-order valence-electron chi connectivity index (χ4n) is 6.00. The van der Waals surface area contributed by atoms with Gasteiger partial charge < -0.3 is 9.31 Å².